The summed E-state index contributed by atoms with van der Waals surface area (Å²) in [5, 5.41) is 3.95. The van der Waals surface area contributed by atoms with Gasteiger partial charge in [-0.3, -0.25) is 4.79 Å². The molecule has 1 aromatic rings. The molecule has 0 radical (unpaired) electrons. The molecular formula is C14H26N4OS. The number of amides is 1. The zero-order valence-electron chi connectivity index (χ0n) is 12.9. The molecule has 1 amide bonds. The van der Waals surface area contributed by atoms with Crippen LogP contribution in [0.4, 0.5) is 10.9 Å². The maximum absolute atomic E-state index is 12.5. The Morgan fingerprint density at radius 1 is 1.35 bits per heavy atom. The van der Waals surface area contributed by atoms with Crippen molar-refractivity contribution in [3.8, 4) is 0 Å². The Morgan fingerprint density at radius 2 is 1.95 bits per heavy atom. The number of hydrogen-bond acceptors (Lipinski definition) is 5. The van der Waals surface area contributed by atoms with Gasteiger partial charge in [0.1, 0.15) is 10.7 Å². The topological polar surface area (TPSA) is 71.2 Å². The SMILES string of the molecule is CCCN(CCC)C(=O)c1sc(NCC(C)C)nc1N. The molecule has 0 saturated heterocycles. The number of carbonyl (C=O) groups excluding carboxylic acids is 1. The lowest BCUT2D eigenvalue weighted by Crippen LogP contribution is -2.32. The van der Waals surface area contributed by atoms with E-state index in [1.807, 2.05) is 4.90 Å². The van der Waals surface area contributed by atoms with E-state index in [1.54, 1.807) is 0 Å². The quantitative estimate of drug-likeness (QED) is 0.774. The molecule has 0 aliphatic heterocycles. The zero-order chi connectivity index (χ0) is 15.1. The summed E-state index contributed by atoms with van der Waals surface area (Å²) in [6, 6.07) is 0. The van der Waals surface area contributed by atoms with Gasteiger partial charge in [0.25, 0.3) is 5.91 Å². The summed E-state index contributed by atoms with van der Waals surface area (Å²) >= 11 is 1.35. The molecule has 6 heteroatoms. The van der Waals surface area contributed by atoms with E-state index in [9.17, 15) is 4.79 Å². The third kappa shape index (κ3) is 4.67. The van der Waals surface area contributed by atoms with Gasteiger partial charge in [-0.1, -0.05) is 39.0 Å². The van der Waals surface area contributed by atoms with E-state index in [4.69, 9.17) is 5.73 Å². The van der Waals surface area contributed by atoms with E-state index in [0.29, 0.717) is 16.6 Å². The molecule has 0 saturated carbocycles. The molecular weight excluding hydrogens is 272 g/mol. The third-order valence-electron chi connectivity index (χ3n) is 2.78. The molecule has 0 spiro atoms. The van der Waals surface area contributed by atoms with Gasteiger partial charge in [-0.2, -0.15) is 0 Å². The van der Waals surface area contributed by atoms with Crippen LogP contribution in [0.5, 0.6) is 0 Å². The first-order valence-corrected chi connectivity index (χ1v) is 8.10. The van der Waals surface area contributed by atoms with E-state index in [2.05, 4.69) is 38.0 Å². The van der Waals surface area contributed by atoms with Crippen molar-refractivity contribution in [2.24, 2.45) is 5.92 Å². The lowest BCUT2D eigenvalue weighted by Gasteiger charge is -2.20. The Morgan fingerprint density at radius 3 is 2.45 bits per heavy atom. The number of hydrogen-bond donors (Lipinski definition) is 2. The maximum Gasteiger partial charge on any atom is 0.267 e. The fourth-order valence-corrected chi connectivity index (χ4v) is 2.71. The normalized spacial score (nSPS) is 10.8. The van der Waals surface area contributed by atoms with Gasteiger partial charge in [0.05, 0.1) is 0 Å². The molecule has 20 heavy (non-hydrogen) atoms. The number of thiazole rings is 1. The van der Waals surface area contributed by atoms with Crippen molar-refractivity contribution in [1.29, 1.82) is 0 Å². The van der Waals surface area contributed by atoms with Crippen LogP contribution in [0.3, 0.4) is 0 Å². The second-order valence-corrected chi connectivity index (χ2v) is 6.30. The number of anilines is 2. The molecule has 0 fully saturated rings. The molecule has 0 aliphatic carbocycles. The van der Waals surface area contributed by atoms with Crippen LogP contribution in [0.15, 0.2) is 0 Å². The number of rotatable bonds is 8. The van der Waals surface area contributed by atoms with Gasteiger partial charge in [0.2, 0.25) is 0 Å². The van der Waals surface area contributed by atoms with E-state index >= 15 is 0 Å². The lowest BCUT2D eigenvalue weighted by molar-refractivity contribution is 0.0761. The van der Waals surface area contributed by atoms with Gasteiger partial charge in [0, 0.05) is 19.6 Å². The van der Waals surface area contributed by atoms with E-state index in [1.165, 1.54) is 11.3 Å². The average molecular weight is 298 g/mol. The fraction of sp³-hybridized carbons (Fsp3) is 0.714. The summed E-state index contributed by atoms with van der Waals surface area (Å²) < 4.78 is 0. The van der Waals surface area contributed by atoms with Crippen LogP contribution in [-0.4, -0.2) is 35.4 Å². The fourth-order valence-electron chi connectivity index (χ4n) is 1.85. The standard InChI is InChI=1S/C14H26N4OS/c1-5-7-18(8-6-2)13(19)11-12(15)17-14(20-11)16-9-10(3)4/h10H,5-9,15H2,1-4H3,(H,16,17). The minimum absolute atomic E-state index is 0.00120. The predicted octanol–water partition coefficient (Wildman–Crippen LogP) is 3.06. The Kier molecular flexibility index (Phi) is 6.78. The highest BCUT2D eigenvalue weighted by Gasteiger charge is 2.21. The Bertz CT molecular complexity index is 425. The van der Waals surface area contributed by atoms with Crippen LogP contribution in [0, 0.1) is 5.92 Å². The summed E-state index contributed by atoms with van der Waals surface area (Å²) in [5.41, 5.74) is 5.89. The number of nitrogens with one attached hydrogen (secondary N) is 1. The van der Waals surface area contributed by atoms with Crippen molar-refractivity contribution in [3.63, 3.8) is 0 Å². The van der Waals surface area contributed by atoms with Gasteiger partial charge in [0.15, 0.2) is 5.13 Å². The molecule has 0 atom stereocenters. The Balaban J connectivity index is 2.80. The summed E-state index contributed by atoms with van der Waals surface area (Å²) in [5.74, 6) is 0.862. The summed E-state index contributed by atoms with van der Waals surface area (Å²) in [6.45, 7) is 10.7. The van der Waals surface area contributed by atoms with Gasteiger partial charge in [-0.15, -0.1) is 0 Å². The van der Waals surface area contributed by atoms with Crippen molar-refractivity contribution in [2.45, 2.75) is 40.5 Å². The third-order valence-corrected chi connectivity index (χ3v) is 3.80. The van der Waals surface area contributed by atoms with Gasteiger partial charge >= 0.3 is 0 Å². The first-order valence-electron chi connectivity index (χ1n) is 7.29. The molecule has 1 rings (SSSR count). The summed E-state index contributed by atoms with van der Waals surface area (Å²) in [7, 11) is 0. The molecule has 5 nitrogen and oxygen atoms in total. The molecule has 1 heterocycles. The molecule has 1 aromatic heterocycles. The largest absolute Gasteiger partial charge is 0.382 e. The smallest absolute Gasteiger partial charge is 0.267 e. The van der Waals surface area contributed by atoms with Crippen molar-refractivity contribution < 1.29 is 4.79 Å². The van der Waals surface area contributed by atoms with Crippen molar-refractivity contribution in [2.75, 3.05) is 30.7 Å². The average Bonchev–Trinajstić information content (AvgIpc) is 2.76. The minimum atomic E-state index is 0.00120. The highest BCUT2D eigenvalue weighted by Crippen LogP contribution is 2.26. The predicted molar refractivity (Wildman–Crippen MR) is 86.3 cm³/mol. The Hall–Kier alpha value is -1.30. The lowest BCUT2D eigenvalue weighted by atomic mass is 10.2. The second-order valence-electron chi connectivity index (χ2n) is 5.30. The molecule has 0 aliphatic rings. The first kappa shape index (κ1) is 16.8. The first-order chi connectivity index (χ1) is 9.49. The molecule has 114 valence electrons. The van der Waals surface area contributed by atoms with Crippen LogP contribution in [0.1, 0.15) is 50.2 Å². The van der Waals surface area contributed by atoms with E-state index in [-0.39, 0.29) is 5.91 Å². The van der Waals surface area contributed by atoms with Crippen LogP contribution < -0.4 is 11.1 Å². The molecule has 0 unspecified atom stereocenters. The molecule has 3 N–H and O–H groups in total. The monoisotopic (exact) mass is 298 g/mol. The van der Waals surface area contributed by atoms with Crippen molar-refractivity contribution >= 4 is 28.2 Å². The Labute approximate surface area is 125 Å². The van der Waals surface area contributed by atoms with E-state index < -0.39 is 0 Å². The van der Waals surface area contributed by atoms with Crippen LogP contribution in [-0.2, 0) is 0 Å². The number of carbonyl (C=O) groups is 1. The highest BCUT2D eigenvalue weighted by molar-refractivity contribution is 7.18. The minimum Gasteiger partial charge on any atom is -0.382 e. The van der Waals surface area contributed by atoms with Gasteiger partial charge in [-0.25, -0.2) is 4.98 Å². The van der Waals surface area contributed by atoms with Crippen LogP contribution in [0.25, 0.3) is 0 Å². The number of nitrogens with two attached hydrogens (primary N) is 1. The van der Waals surface area contributed by atoms with Crippen molar-refractivity contribution in [3.05, 3.63) is 4.88 Å². The van der Waals surface area contributed by atoms with Crippen LogP contribution >= 0.6 is 11.3 Å². The maximum atomic E-state index is 12.5. The highest BCUT2D eigenvalue weighted by atomic mass is 32.1. The second kappa shape index (κ2) is 8.09. The van der Waals surface area contributed by atoms with Gasteiger partial charge < -0.3 is 16.0 Å². The summed E-state index contributed by atoms with van der Waals surface area (Å²) in [4.78, 5) is 19.1. The number of nitrogens with zero attached hydrogens (tertiary/aromatic N) is 2. The summed E-state index contributed by atoms with van der Waals surface area (Å²) in [6.07, 6.45) is 1.89. The van der Waals surface area contributed by atoms with Gasteiger partial charge in [-0.05, 0) is 18.8 Å². The molecule has 0 aromatic carbocycles. The van der Waals surface area contributed by atoms with E-state index in [0.717, 1.165) is 37.6 Å². The number of nitrogen functional groups attached to an aromatic ring is 1. The van der Waals surface area contributed by atoms with Crippen LogP contribution in [0.2, 0.25) is 0 Å². The zero-order valence-corrected chi connectivity index (χ0v) is 13.7. The molecule has 0 bridgehead atoms. The number of aromatic nitrogens is 1. The van der Waals surface area contributed by atoms with Crippen molar-refractivity contribution in [1.82, 2.24) is 9.88 Å².